The topological polar surface area (TPSA) is 47.6 Å². The van der Waals surface area contributed by atoms with Crippen molar-refractivity contribution in [1.82, 2.24) is 5.32 Å². The zero-order chi connectivity index (χ0) is 19.2. The molecule has 3 aromatic rings. The van der Waals surface area contributed by atoms with Gasteiger partial charge in [-0.3, -0.25) is 4.79 Å². The van der Waals surface area contributed by atoms with E-state index in [4.69, 9.17) is 9.47 Å². The number of carbonyl (C=O) groups is 1. The summed E-state index contributed by atoms with van der Waals surface area (Å²) < 4.78 is 11.3. The number of para-hydroxylation sites is 1. The Bertz CT molecular complexity index is 885. The van der Waals surface area contributed by atoms with Crippen LogP contribution in [0.2, 0.25) is 0 Å². The highest BCUT2D eigenvalue weighted by atomic mass is 32.1. The van der Waals surface area contributed by atoms with Crippen LogP contribution in [0, 0.1) is 0 Å². The van der Waals surface area contributed by atoms with Crippen molar-refractivity contribution in [1.29, 1.82) is 0 Å². The summed E-state index contributed by atoms with van der Waals surface area (Å²) in [7, 11) is 0. The van der Waals surface area contributed by atoms with E-state index >= 15 is 0 Å². The fourth-order valence-electron chi connectivity index (χ4n) is 3.55. The summed E-state index contributed by atoms with van der Waals surface area (Å²) in [5.41, 5.74) is 1.89. The van der Waals surface area contributed by atoms with E-state index in [1.807, 2.05) is 42.5 Å². The average molecular weight is 394 g/mol. The molecule has 0 aliphatic carbocycles. The van der Waals surface area contributed by atoms with E-state index in [-0.39, 0.29) is 11.3 Å². The van der Waals surface area contributed by atoms with E-state index in [1.54, 1.807) is 23.5 Å². The molecular formula is C23H23NO3S. The highest BCUT2D eigenvalue weighted by Crippen LogP contribution is 2.35. The summed E-state index contributed by atoms with van der Waals surface area (Å²) in [5, 5.41) is 7.42. The van der Waals surface area contributed by atoms with Crippen LogP contribution in [0.25, 0.3) is 0 Å². The maximum absolute atomic E-state index is 12.7. The normalized spacial score (nSPS) is 15.7. The number of rotatable bonds is 6. The molecule has 1 N–H and O–H groups in total. The lowest BCUT2D eigenvalue weighted by atomic mass is 9.75. The molecule has 28 heavy (non-hydrogen) atoms. The molecule has 2 aromatic carbocycles. The van der Waals surface area contributed by atoms with E-state index in [2.05, 4.69) is 22.1 Å². The van der Waals surface area contributed by atoms with Crippen LogP contribution in [0.5, 0.6) is 11.5 Å². The van der Waals surface area contributed by atoms with Gasteiger partial charge in [0.2, 0.25) is 0 Å². The fourth-order valence-corrected chi connectivity index (χ4v) is 4.33. The van der Waals surface area contributed by atoms with Crippen molar-refractivity contribution in [3.05, 3.63) is 82.6 Å². The molecule has 0 atom stereocenters. The van der Waals surface area contributed by atoms with Crippen molar-refractivity contribution in [2.45, 2.75) is 18.3 Å². The number of thiophene rings is 1. The van der Waals surface area contributed by atoms with Crippen molar-refractivity contribution < 1.29 is 14.3 Å². The van der Waals surface area contributed by atoms with Crippen LogP contribution in [-0.4, -0.2) is 25.7 Å². The van der Waals surface area contributed by atoms with Crippen molar-refractivity contribution in [3.63, 3.8) is 0 Å². The number of carbonyl (C=O) groups excluding carboxylic acids is 1. The second-order valence-electron chi connectivity index (χ2n) is 7.03. The standard InChI is InChI=1S/C23H23NO3S/c25-22(18-6-8-21(9-7-18)27-20-4-2-1-3-5-20)24-17-23(11-13-26-14-12-23)19-10-15-28-16-19/h1-10,15-16H,11-14,17H2,(H,24,25). The van der Waals surface area contributed by atoms with E-state index in [9.17, 15) is 4.79 Å². The summed E-state index contributed by atoms with van der Waals surface area (Å²) >= 11 is 1.70. The van der Waals surface area contributed by atoms with Crippen LogP contribution in [0.4, 0.5) is 0 Å². The molecule has 0 radical (unpaired) electrons. The summed E-state index contributed by atoms with van der Waals surface area (Å²) in [6.45, 7) is 2.09. The first kappa shape index (κ1) is 18.7. The van der Waals surface area contributed by atoms with E-state index < -0.39 is 0 Å². The van der Waals surface area contributed by atoms with Crippen LogP contribution in [0.15, 0.2) is 71.4 Å². The van der Waals surface area contributed by atoms with Gasteiger partial charge in [-0.05, 0) is 71.6 Å². The number of nitrogens with one attached hydrogen (secondary N) is 1. The highest BCUT2D eigenvalue weighted by molar-refractivity contribution is 7.08. The minimum atomic E-state index is -0.0626. The Labute approximate surface area is 169 Å². The minimum Gasteiger partial charge on any atom is -0.457 e. The third-order valence-corrected chi connectivity index (χ3v) is 5.95. The molecular weight excluding hydrogens is 370 g/mol. The Kier molecular flexibility index (Phi) is 5.74. The maximum atomic E-state index is 12.7. The number of ether oxygens (including phenoxy) is 2. The second-order valence-corrected chi connectivity index (χ2v) is 7.81. The minimum absolute atomic E-state index is 0.0374. The Balaban J connectivity index is 1.40. The van der Waals surface area contributed by atoms with Crippen LogP contribution < -0.4 is 10.1 Å². The van der Waals surface area contributed by atoms with Gasteiger partial charge in [-0.2, -0.15) is 11.3 Å². The van der Waals surface area contributed by atoms with Crippen molar-refractivity contribution in [2.24, 2.45) is 0 Å². The van der Waals surface area contributed by atoms with Gasteiger partial charge >= 0.3 is 0 Å². The predicted molar refractivity (Wildman–Crippen MR) is 111 cm³/mol. The maximum Gasteiger partial charge on any atom is 0.251 e. The Morgan fingerprint density at radius 2 is 1.71 bits per heavy atom. The zero-order valence-corrected chi connectivity index (χ0v) is 16.4. The molecule has 1 aliphatic heterocycles. The first-order valence-corrected chi connectivity index (χ1v) is 10.4. The third-order valence-electron chi connectivity index (χ3n) is 5.27. The summed E-state index contributed by atoms with van der Waals surface area (Å²) in [4.78, 5) is 12.7. The smallest absolute Gasteiger partial charge is 0.251 e. The van der Waals surface area contributed by atoms with Crippen LogP contribution in [0.1, 0.15) is 28.8 Å². The SMILES string of the molecule is O=C(NCC1(c2ccsc2)CCOCC1)c1ccc(Oc2ccccc2)cc1. The van der Waals surface area contributed by atoms with Gasteiger partial charge in [0.15, 0.2) is 0 Å². The lowest BCUT2D eigenvalue weighted by Gasteiger charge is -2.37. The Hall–Kier alpha value is -2.63. The quantitative estimate of drug-likeness (QED) is 0.640. The molecule has 4 nitrogen and oxygen atoms in total. The Morgan fingerprint density at radius 3 is 2.39 bits per heavy atom. The number of amides is 1. The fraction of sp³-hybridized carbons (Fsp3) is 0.261. The molecule has 1 amide bonds. The monoisotopic (exact) mass is 393 g/mol. The second kappa shape index (κ2) is 8.59. The largest absolute Gasteiger partial charge is 0.457 e. The lowest BCUT2D eigenvalue weighted by molar-refractivity contribution is 0.0488. The molecule has 2 heterocycles. The Morgan fingerprint density at radius 1 is 1.00 bits per heavy atom. The van der Waals surface area contributed by atoms with Gasteiger partial charge in [0, 0.05) is 30.7 Å². The summed E-state index contributed by atoms with van der Waals surface area (Å²) in [6, 6.07) is 19.0. The van der Waals surface area contributed by atoms with Crippen LogP contribution >= 0.6 is 11.3 Å². The predicted octanol–water partition coefficient (Wildman–Crippen LogP) is 5.02. The molecule has 1 aromatic heterocycles. The molecule has 1 aliphatic rings. The van der Waals surface area contributed by atoms with Gasteiger partial charge in [-0.25, -0.2) is 0 Å². The van der Waals surface area contributed by atoms with Gasteiger partial charge in [-0.15, -0.1) is 0 Å². The van der Waals surface area contributed by atoms with Crippen LogP contribution in [-0.2, 0) is 10.2 Å². The molecule has 4 rings (SSSR count). The van der Waals surface area contributed by atoms with Crippen molar-refractivity contribution in [2.75, 3.05) is 19.8 Å². The highest BCUT2D eigenvalue weighted by Gasteiger charge is 2.35. The molecule has 0 unspecified atom stereocenters. The molecule has 0 bridgehead atoms. The molecule has 5 heteroatoms. The molecule has 1 fully saturated rings. The van der Waals surface area contributed by atoms with Gasteiger partial charge in [-0.1, -0.05) is 18.2 Å². The van der Waals surface area contributed by atoms with E-state index in [0.717, 1.165) is 31.8 Å². The number of hydrogen-bond donors (Lipinski definition) is 1. The first-order valence-electron chi connectivity index (χ1n) is 9.47. The summed E-state index contributed by atoms with van der Waals surface area (Å²) in [6.07, 6.45) is 1.85. The van der Waals surface area contributed by atoms with Crippen molar-refractivity contribution in [3.8, 4) is 11.5 Å². The number of hydrogen-bond acceptors (Lipinski definition) is 4. The molecule has 0 spiro atoms. The van der Waals surface area contributed by atoms with E-state index in [0.29, 0.717) is 17.9 Å². The number of benzene rings is 2. The molecule has 144 valence electrons. The van der Waals surface area contributed by atoms with Crippen molar-refractivity contribution >= 4 is 17.2 Å². The third kappa shape index (κ3) is 4.26. The van der Waals surface area contributed by atoms with Gasteiger partial charge in [0.1, 0.15) is 11.5 Å². The van der Waals surface area contributed by atoms with Gasteiger partial charge in [0.05, 0.1) is 0 Å². The summed E-state index contributed by atoms with van der Waals surface area (Å²) in [5.74, 6) is 1.42. The van der Waals surface area contributed by atoms with E-state index in [1.165, 1.54) is 5.56 Å². The van der Waals surface area contributed by atoms with Gasteiger partial charge < -0.3 is 14.8 Å². The van der Waals surface area contributed by atoms with Crippen LogP contribution in [0.3, 0.4) is 0 Å². The average Bonchev–Trinajstić information content (AvgIpc) is 3.30. The first-order chi connectivity index (χ1) is 13.8. The molecule has 1 saturated heterocycles. The van der Waals surface area contributed by atoms with Gasteiger partial charge in [0.25, 0.3) is 5.91 Å². The molecule has 0 saturated carbocycles. The lowest BCUT2D eigenvalue weighted by Crippen LogP contribution is -2.44. The zero-order valence-electron chi connectivity index (χ0n) is 15.6.